The van der Waals surface area contributed by atoms with E-state index in [4.69, 9.17) is 4.74 Å². The van der Waals surface area contributed by atoms with Crippen molar-refractivity contribution in [1.29, 1.82) is 0 Å². The largest absolute Gasteiger partial charge is 0.484 e. The van der Waals surface area contributed by atoms with Gasteiger partial charge in [0.2, 0.25) is 0 Å². The van der Waals surface area contributed by atoms with Gasteiger partial charge in [0.1, 0.15) is 5.75 Å². The number of nitrogens with one attached hydrogen (secondary N) is 1. The van der Waals surface area contributed by atoms with Crippen molar-refractivity contribution in [2.75, 3.05) is 6.61 Å². The Morgan fingerprint density at radius 2 is 1.88 bits per heavy atom. The molecule has 1 amide bonds. The van der Waals surface area contributed by atoms with Crippen LogP contribution in [0.15, 0.2) is 30.3 Å². The highest BCUT2D eigenvalue weighted by atomic mass is 16.5. The zero-order chi connectivity index (χ0) is 12.7. The van der Waals surface area contributed by atoms with Crippen molar-refractivity contribution < 1.29 is 9.53 Å². The third-order valence-corrected chi connectivity index (χ3v) is 2.35. The van der Waals surface area contributed by atoms with Crippen molar-refractivity contribution in [3.05, 3.63) is 30.3 Å². The first-order chi connectivity index (χ1) is 8.08. The maximum Gasteiger partial charge on any atom is 0.258 e. The lowest BCUT2D eigenvalue weighted by Crippen LogP contribution is -2.36. The minimum atomic E-state index is -0.0676. The van der Waals surface area contributed by atoms with E-state index in [0.717, 1.165) is 12.2 Å². The van der Waals surface area contributed by atoms with E-state index in [-0.39, 0.29) is 18.6 Å². The molecule has 0 aliphatic heterocycles. The molecule has 0 saturated carbocycles. The summed E-state index contributed by atoms with van der Waals surface area (Å²) in [7, 11) is 0. The highest BCUT2D eigenvalue weighted by Crippen LogP contribution is 2.08. The van der Waals surface area contributed by atoms with Crippen LogP contribution in [-0.4, -0.2) is 18.6 Å². The van der Waals surface area contributed by atoms with Gasteiger partial charge in [0.25, 0.3) is 5.91 Å². The smallest absolute Gasteiger partial charge is 0.258 e. The Morgan fingerprint density at radius 1 is 1.24 bits per heavy atom. The summed E-state index contributed by atoms with van der Waals surface area (Å²) in [4.78, 5) is 11.6. The Balaban J connectivity index is 2.26. The first kappa shape index (κ1) is 13.6. The summed E-state index contributed by atoms with van der Waals surface area (Å²) in [6.45, 7) is 6.37. The van der Waals surface area contributed by atoms with E-state index < -0.39 is 0 Å². The second-order valence-corrected chi connectivity index (χ2v) is 4.70. The normalized spacial score (nSPS) is 12.2. The maximum absolute atomic E-state index is 11.6. The van der Waals surface area contributed by atoms with Crippen molar-refractivity contribution in [2.24, 2.45) is 5.92 Å². The van der Waals surface area contributed by atoms with Gasteiger partial charge in [-0.15, -0.1) is 0 Å². The van der Waals surface area contributed by atoms with Crippen LogP contribution >= 0.6 is 0 Å². The molecule has 0 bridgehead atoms. The standard InChI is InChI=1S/C14H21NO2/c1-11(2)9-12(3)15-14(16)10-17-13-7-5-4-6-8-13/h4-8,11-12H,9-10H2,1-3H3,(H,15,16)/t12-/m1/s1. The van der Waals surface area contributed by atoms with E-state index in [1.807, 2.05) is 37.3 Å². The summed E-state index contributed by atoms with van der Waals surface area (Å²) < 4.78 is 5.36. The van der Waals surface area contributed by atoms with Crippen molar-refractivity contribution in [2.45, 2.75) is 33.2 Å². The Bertz CT molecular complexity index is 335. The summed E-state index contributed by atoms with van der Waals surface area (Å²) >= 11 is 0. The van der Waals surface area contributed by atoms with Crippen LogP contribution in [0.25, 0.3) is 0 Å². The quantitative estimate of drug-likeness (QED) is 0.823. The van der Waals surface area contributed by atoms with Gasteiger partial charge in [-0.2, -0.15) is 0 Å². The van der Waals surface area contributed by atoms with Crippen LogP contribution in [0.2, 0.25) is 0 Å². The van der Waals surface area contributed by atoms with Crippen LogP contribution in [0.4, 0.5) is 0 Å². The van der Waals surface area contributed by atoms with Crippen LogP contribution in [0, 0.1) is 5.92 Å². The number of amides is 1. The predicted octanol–water partition coefficient (Wildman–Crippen LogP) is 2.62. The third kappa shape index (κ3) is 5.95. The molecular formula is C14H21NO2. The Morgan fingerprint density at radius 3 is 2.47 bits per heavy atom. The minimum Gasteiger partial charge on any atom is -0.484 e. The molecular weight excluding hydrogens is 214 g/mol. The topological polar surface area (TPSA) is 38.3 Å². The molecule has 0 spiro atoms. The van der Waals surface area contributed by atoms with Gasteiger partial charge in [0, 0.05) is 6.04 Å². The number of rotatable bonds is 6. The summed E-state index contributed by atoms with van der Waals surface area (Å²) in [5, 5.41) is 2.92. The van der Waals surface area contributed by atoms with Crippen molar-refractivity contribution in [3.63, 3.8) is 0 Å². The van der Waals surface area contributed by atoms with Gasteiger partial charge in [-0.25, -0.2) is 0 Å². The zero-order valence-electron chi connectivity index (χ0n) is 10.8. The Kier molecular flexibility index (Phi) is 5.53. The van der Waals surface area contributed by atoms with E-state index in [2.05, 4.69) is 19.2 Å². The molecule has 0 aliphatic carbocycles. The van der Waals surface area contributed by atoms with Crippen LogP contribution < -0.4 is 10.1 Å². The van der Waals surface area contributed by atoms with Gasteiger partial charge < -0.3 is 10.1 Å². The average molecular weight is 235 g/mol. The number of hydrogen-bond acceptors (Lipinski definition) is 2. The van der Waals surface area contributed by atoms with Gasteiger partial charge >= 0.3 is 0 Å². The first-order valence-electron chi connectivity index (χ1n) is 6.05. The lowest BCUT2D eigenvalue weighted by molar-refractivity contribution is -0.123. The molecule has 0 unspecified atom stereocenters. The lowest BCUT2D eigenvalue weighted by Gasteiger charge is -2.16. The second-order valence-electron chi connectivity index (χ2n) is 4.70. The number of ether oxygens (including phenoxy) is 1. The fourth-order valence-corrected chi connectivity index (χ4v) is 1.75. The van der Waals surface area contributed by atoms with Crippen LogP contribution in [0.3, 0.4) is 0 Å². The molecule has 1 aromatic carbocycles. The molecule has 17 heavy (non-hydrogen) atoms. The summed E-state index contributed by atoms with van der Waals surface area (Å²) in [6.07, 6.45) is 0.983. The molecule has 1 rings (SSSR count). The molecule has 0 saturated heterocycles. The molecule has 1 atom stereocenters. The molecule has 0 radical (unpaired) electrons. The number of carbonyl (C=O) groups is 1. The molecule has 3 heteroatoms. The van der Waals surface area contributed by atoms with E-state index >= 15 is 0 Å². The van der Waals surface area contributed by atoms with Crippen molar-refractivity contribution >= 4 is 5.91 Å². The monoisotopic (exact) mass is 235 g/mol. The summed E-state index contributed by atoms with van der Waals surface area (Å²) in [5.41, 5.74) is 0. The average Bonchev–Trinajstić information content (AvgIpc) is 2.26. The van der Waals surface area contributed by atoms with Crippen LogP contribution in [-0.2, 0) is 4.79 Å². The van der Waals surface area contributed by atoms with E-state index in [1.54, 1.807) is 0 Å². The first-order valence-corrected chi connectivity index (χ1v) is 6.05. The molecule has 3 nitrogen and oxygen atoms in total. The number of hydrogen-bond donors (Lipinski definition) is 1. The SMILES string of the molecule is CC(C)C[C@@H](C)NC(=O)COc1ccccc1. The fourth-order valence-electron chi connectivity index (χ4n) is 1.75. The number of benzene rings is 1. The zero-order valence-corrected chi connectivity index (χ0v) is 10.8. The van der Waals surface area contributed by atoms with Crippen LogP contribution in [0.5, 0.6) is 5.75 Å². The van der Waals surface area contributed by atoms with Gasteiger partial charge in [0.05, 0.1) is 0 Å². The molecule has 1 aromatic rings. The molecule has 0 heterocycles. The molecule has 0 aromatic heterocycles. The summed E-state index contributed by atoms with van der Waals surface area (Å²) in [6, 6.07) is 9.55. The number of para-hydroxylation sites is 1. The lowest BCUT2D eigenvalue weighted by atomic mass is 10.1. The highest BCUT2D eigenvalue weighted by Gasteiger charge is 2.09. The molecule has 0 aliphatic rings. The number of carbonyl (C=O) groups excluding carboxylic acids is 1. The van der Waals surface area contributed by atoms with Crippen LogP contribution in [0.1, 0.15) is 27.2 Å². The fraction of sp³-hybridized carbons (Fsp3) is 0.500. The Labute approximate surface area is 103 Å². The minimum absolute atomic E-state index is 0.0676. The predicted molar refractivity (Wildman–Crippen MR) is 69.0 cm³/mol. The molecule has 0 fully saturated rings. The van der Waals surface area contributed by atoms with Gasteiger partial charge in [-0.3, -0.25) is 4.79 Å². The van der Waals surface area contributed by atoms with Crippen molar-refractivity contribution in [1.82, 2.24) is 5.32 Å². The molecule has 1 N–H and O–H groups in total. The Hall–Kier alpha value is -1.51. The van der Waals surface area contributed by atoms with E-state index in [1.165, 1.54) is 0 Å². The third-order valence-electron chi connectivity index (χ3n) is 2.35. The van der Waals surface area contributed by atoms with Crippen molar-refractivity contribution in [3.8, 4) is 5.75 Å². The maximum atomic E-state index is 11.6. The second kappa shape index (κ2) is 6.94. The van der Waals surface area contributed by atoms with Gasteiger partial charge in [-0.05, 0) is 31.4 Å². The van der Waals surface area contributed by atoms with E-state index in [9.17, 15) is 4.79 Å². The van der Waals surface area contributed by atoms with Gasteiger partial charge in [0.15, 0.2) is 6.61 Å². The molecule has 94 valence electrons. The van der Waals surface area contributed by atoms with Gasteiger partial charge in [-0.1, -0.05) is 32.0 Å². The van der Waals surface area contributed by atoms with E-state index in [0.29, 0.717) is 5.92 Å². The highest BCUT2D eigenvalue weighted by molar-refractivity contribution is 5.77. The summed E-state index contributed by atoms with van der Waals surface area (Å²) in [5.74, 6) is 1.24.